The van der Waals surface area contributed by atoms with Crippen LogP contribution in [0.15, 0.2) is 79.0 Å². The van der Waals surface area contributed by atoms with Crippen molar-refractivity contribution in [2.45, 2.75) is 46.8 Å². The summed E-state index contributed by atoms with van der Waals surface area (Å²) in [5.41, 5.74) is 3.25. The van der Waals surface area contributed by atoms with E-state index in [1.165, 1.54) is 12.0 Å². The number of benzene rings is 3. The average Bonchev–Trinajstić information content (AvgIpc) is 2.98. The van der Waals surface area contributed by atoms with Gasteiger partial charge in [-0.05, 0) is 70.0 Å². The Hall–Kier alpha value is -4.98. The molecule has 42 heavy (non-hydrogen) atoms. The molecule has 0 fully saturated rings. The Bertz CT molecular complexity index is 1640. The van der Waals surface area contributed by atoms with E-state index in [4.69, 9.17) is 9.47 Å². The maximum absolute atomic E-state index is 13.7. The lowest BCUT2D eigenvalue weighted by molar-refractivity contribution is 0.0573. The second-order valence-electron chi connectivity index (χ2n) is 10.9. The second-order valence-corrected chi connectivity index (χ2v) is 10.9. The van der Waals surface area contributed by atoms with E-state index in [1.54, 1.807) is 108 Å². The number of carbonyl (C=O) groups is 3. The molecule has 1 N–H and O–H groups in total. The van der Waals surface area contributed by atoms with Gasteiger partial charge in [0.25, 0.3) is 0 Å². The topological polar surface area (TPSA) is 106 Å². The van der Waals surface area contributed by atoms with Crippen molar-refractivity contribution in [3.05, 3.63) is 113 Å². The number of carbonyl (C=O) groups excluding carboxylic acids is 3. The largest absolute Gasteiger partial charge is 0.507 e. The molecule has 216 valence electrons. The molecule has 0 atom stereocenters. The number of pyridine rings is 1. The highest BCUT2D eigenvalue weighted by Crippen LogP contribution is 2.33. The zero-order chi connectivity index (χ0) is 30.6. The summed E-state index contributed by atoms with van der Waals surface area (Å²) < 4.78 is 10.8. The number of ether oxygens (including phenoxy) is 2. The number of rotatable bonds is 7. The first kappa shape index (κ1) is 30.0. The number of nitrogens with zero attached hydrogens (tertiary/aromatic N) is 2. The molecule has 0 saturated carbocycles. The van der Waals surface area contributed by atoms with Crippen LogP contribution in [0.4, 0.5) is 10.5 Å². The summed E-state index contributed by atoms with van der Waals surface area (Å²) in [4.78, 5) is 45.9. The van der Waals surface area contributed by atoms with Gasteiger partial charge < -0.3 is 14.6 Å². The first-order valence-electron chi connectivity index (χ1n) is 13.5. The van der Waals surface area contributed by atoms with E-state index in [2.05, 4.69) is 4.98 Å². The van der Waals surface area contributed by atoms with E-state index in [-0.39, 0.29) is 18.1 Å². The van der Waals surface area contributed by atoms with Crippen LogP contribution in [0.3, 0.4) is 0 Å². The number of aryl methyl sites for hydroxylation is 1. The molecule has 1 amide bonds. The maximum atomic E-state index is 13.7. The molecule has 8 nitrogen and oxygen atoms in total. The van der Waals surface area contributed by atoms with E-state index in [0.717, 1.165) is 0 Å². The lowest BCUT2D eigenvalue weighted by Crippen LogP contribution is -2.37. The minimum Gasteiger partial charge on any atom is -0.507 e. The molecule has 4 rings (SSSR count). The zero-order valence-electron chi connectivity index (χ0n) is 24.6. The molecule has 0 unspecified atom stereocenters. The summed E-state index contributed by atoms with van der Waals surface area (Å²) in [5.74, 6) is -0.712. The van der Waals surface area contributed by atoms with Gasteiger partial charge in [0.2, 0.25) is 0 Å². The van der Waals surface area contributed by atoms with Crippen molar-refractivity contribution in [2.24, 2.45) is 0 Å². The number of anilines is 1. The summed E-state index contributed by atoms with van der Waals surface area (Å²) in [6.45, 7) is 8.71. The third-order valence-corrected chi connectivity index (χ3v) is 6.67. The van der Waals surface area contributed by atoms with Crippen LogP contribution in [0.25, 0.3) is 11.1 Å². The molecule has 1 aromatic heterocycles. The fourth-order valence-corrected chi connectivity index (χ4v) is 4.49. The van der Waals surface area contributed by atoms with Crippen LogP contribution in [-0.4, -0.2) is 40.6 Å². The third kappa shape index (κ3) is 6.66. The van der Waals surface area contributed by atoms with E-state index < -0.39 is 17.7 Å². The molecular formula is C34H34N2O6. The predicted octanol–water partition coefficient (Wildman–Crippen LogP) is 7.03. The highest BCUT2D eigenvalue weighted by Gasteiger charge is 2.27. The van der Waals surface area contributed by atoms with Gasteiger partial charge in [-0.1, -0.05) is 48.5 Å². The first-order chi connectivity index (χ1) is 19.9. The molecule has 0 aliphatic rings. The molecule has 3 aromatic carbocycles. The minimum atomic E-state index is -0.814. The Balaban J connectivity index is 1.95. The van der Waals surface area contributed by atoms with Crippen LogP contribution < -0.4 is 4.90 Å². The Labute approximate surface area is 245 Å². The van der Waals surface area contributed by atoms with E-state index >= 15 is 0 Å². The number of methoxy groups -OCH3 is 1. The SMILES string of the molecule is COC(=O)c1ccccc1-c1cc(C(=O)c2ccccc2)cc(N(Cc2ncc(C)c(O)c2C)C(=O)OC(C)(C)C)c1. The summed E-state index contributed by atoms with van der Waals surface area (Å²) in [6.07, 6.45) is 0.874. The molecule has 4 aromatic rings. The molecule has 0 aliphatic heterocycles. The van der Waals surface area contributed by atoms with Crippen LogP contribution in [-0.2, 0) is 16.0 Å². The van der Waals surface area contributed by atoms with Gasteiger partial charge in [0.1, 0.15) is 11.4 Å². The number of aromatic nitrogens is 1. The van der Waals surface area contributed by atoms with Gasteiger partial charge in [-0.25, -0.2) is 9.59 Å². The highest BCUT2D eigenvalue weighted by molar-refractivity contribution is 6.11. The lowest BCUT2D eigenvalue weighted by atomic mass is 9.94. The van der Waals surface area contributed by atoms with Crippen LogP contribution in [0, 0.1) is 13.8 Å². The molecule has 0 bridgehead atoms. The minimum absolute atomic E-state index is 0.0460. The van der Waals surface area contributed by atoms with Crippen LogP contribution in [0.2, 0.25) is 0 Å². The molecule has 0 saturated heterocycles. The van der Waals surface area contributed by atoms with Crippen molar-refractivity contribution < 1.29 is 29.0 Å². The Kier molecular flexibility index (Phi) is 8.76. The van der Waals surface area contributed by atoms with Crippen molar-refractivity contribution in [2.75, 3.05) is 12.0 Å². The van der Waals surface area contributed by atoms with E-state index in [0.29, 0.717) is 50.3 Å². The number of esters is 1. The summed E-state index contributed by atoms with van der Waals surface area (Å²) in [6, 6.07) is 20.7. The molecule has 0 radical (unpaired) electrons. The van der Waals surface area contributed by atoms with E-state index in [1.807, 2.05) is 6.07 Å². The van der Waals surface area contributed by atoms with Gasteiger partial charge in [0, 0.05) is 34.1 Å². The van der Waals surface area contributed by atoms with Crippen molar-refractivity contribution in [3.63, 3.8) is 0 Å². The number of hydrogen-bond acceptors (Lipinski definition) is 7. The van der Waals surface area contributed by atoms with Gasteiger partial charge in [0.05, 0.1) is 24.9 Å². The fourth-order valence-electron chi connectivity index (χ4n) is 4.49. The van der Waals surface area contributed by atoms with Crippen LogP contribution in [0.5, 0.6) is 5.75 Å². The first-order valence-corrected chi connectivity index (χ1v) is 13.5. The van der Waals surface area contributed by atoms with Crippen LogP contribution in [0.1, 0.15) is 63.9 Å². The second kappa shape index (κ2) is 12.3. The molecule has 0 aliphatic carbocycles. The number of hydrogen-bond donors (Lipinski definition) is 1. The zero-order valence-corrected chi connectivity index (χ0v) is 24.6. The van der Waals surface area contributed by atoms with Gasteiger partial charge in [-0.3, -0.25) is 14.7 Å². The highest BCUT2D eigenvalue weighted by atomic mass is 16.6. The number of ketones is 1. The van der Waals surface area contributed by atoms with Crippen molar-refractivity contribution in [1.82, 2.24) is 4.98 Å². The Morgan fingerprint density at radius 1 is 0.905 bits per heavy atom. The third-order valence-electron chi connectivity index (χ3n) is 6.67. The summed E-state index contributed by atoms with van der Waals surface area (Å²) >= 11 is 0. The number of amides is 1. The normalized spacial score (nSPS) is 11.1. The quantitative estimate of drug-likeness (QED) is 0.189. The molecular weight excluding hydrogens is 532 g/mol. The van der Waals surface area contributed by atoms with Gasteiger partial charge in [-0.15, -0.1) is 0 Å². The smallest absolute Gasteiger partial charge is 0.415 e. The van der Waals surface area contributed by atoms with Gasteiger partial charge in [-0.2, -0.15) is 0 Å². The lowest BCUT2D eigenvalue weighted by Gasteiger charge is -2.28. The van der Waals surface area contributed by atoms with Crippen molar-refractivity contribution in [3.8, 4) is 16.9 Å². The molecule has 1 heterocycles. The van der Waals surface area contributed by atoms with Crippen LogP contribution >= 0.6 is 0 Å². The van der Waals surface area contributed by atoms with Crippen molar-refractivity contribution in [1.29, 1.82) is 0 Å². The van der Waals surface area contributed by atoms with Gasteiger partial charge in [0.15, 0.2) is 5.78 Å². The fraction of sp³-hybridized carbons (Fsp3) is 0.235. The van der Waals surface area contributed by atoms with Crippen molar-refractivity contribution >= 4 is 23.5 Å². The summed E-state index contributed by atoms with van der Waals surface area (Å²) in [5, 5.41) is 10.6. The standard InChI is InChI=1S/C34H34N2O6/c1-21-19-35-29(22(2)30(21)37)20-36(33(40)42-34(3,4)5)26-17-24(27-14-10-11-15-28(27)32(39)41-6)16-25(18-26)31(38)23-12-8-7-9-13-23/h7-19H,20H2,1-6H3,(H,35,37). The Morgan fingerprint density at radius 2 is 1.57 bits per heavy atom. The predicted molar refractivity (Wildman–Crippen MR) is 161 cm³/mol. The molecule has 8 heteroatoms. The maximum Gasteiger partial charge on any atom is 0.415 e. The number of aromatic hydroxyl groups is 1. The Morgan fingerprint density at radius 3 is 2.24 bits per heavy atom. The average molecular weight is 567 g/mol. The summed E-state index contributed by atoms with van der Waals surface area (Å²) in [7, 11) is 1.30. The van der Waals surface area contributed by atoms with Gasteiger partial charge >= 0.3 is 12.1 Å². The monoisotopic (exact) mass is 566 g/mol. The van der Waals surface area contributed by atoms with E-state index in [9.17, 15) is 19.5 Å². The molecule has 0 spiro atoms.